The Kier molecular flexibility index (Phi) is 3.34. The maximum atomic E-state index is 10.8. The van der Waals surface area contributed by atoms with E-state index in [2.05, 4.69) is 15.9 Å². The summed E-state index contributed by atoms with van der Waals surface area (Å²) in [7, 11) is 0. The molecule has 0 radical (unpaired) electrons. The molecule has 2 aliphatic rings. The van der Waals surface area contributed by atoms with E-state index in [4.69, 9.17) is 9.47 Å². The summed E-state index contributed by atoms with van der Waals surface area (Å²) in [5.74, 6) is 0. The maximum absolute atomic E-state index is 10.8. The second-order valence-corrected chi connectivity index (χ2v) is 6.41. The van der Waals surface area contributed by atoms with Crippen LogP contribution in [0.4, 0.5) is 0 Å². The monoisotopic (exact) mass is 295 g/mol. The van der Waals surface area contributed by atoms with Crippen molar-refractivity contribution in [2.75, 3.05) is 13.2 Å². The van der Waals surface area contributed by atoms with Gasteiger partial charge >= 0.3 is 3.78 Å². The van der Waals surface area contributed by atoms with Gasteiger partial charge in [0.1, 0.15) is 0 Å². The standard InChI is InChI=1S/C8H10BrNO4S/c9-8(10(11)12)3-2-6(15-8)7-13-4-1-5-14-7/h2-3,6-7H,1,4-5H2. The molecule has 15 heavy (non-hydrogen) atoms. The van der Waals surface area contributed by atoms with E-state index in [0.29, 0.717) is 13.2 Å². The Morgan fingerprint density at radius 1 is 1.53 bits per heavy atom. The lowest BCUT2D eigenvalue weighted by molar-refractivity contribution is -0.493. The molecule has 1 fully saturated rings. The normalized spacial score (nSPS) is 37.0. The molecule has 0 spiro atoms. The molecule has 0 amide bonds. The molecular formula is C8H10BrNO4S. The van der Waals surface area contributed by atoms with Gasteiger partial charge in [-0.05, 0) is 6.42 Å². The van der Waals surface area contributed by atoms with Gasteiger partial charge in [0.05, 0.1) is 23.4 Å². The van der Waals surface area contributed by atoms with Gasteiger partial charge in [0.2, 0.25) is 0 Å². The van der Waals surface area contributed by atoms with Crippen molar-refractivity contribution in [1.82, 2.24) is 0 Å². The third-order valence-electron chi connectivity index (χ3n) is 2.16. The van der Waals surface area contributed by atoms with Crippen LogP contribution in [-0.2, 0) is 9.47 Å². The number of nitrogens with zero attached hydrogens (tertiary/aromatic N) is 1. The minimum absolute atomic E-state index is 0.116. The predicted octanol–water partition coefficient (Wildman–Crippen LogP) is 1.75. The molecule has 5 nitrogen and oxygen atoms in total. The molecule has 0 N–H and O–H groups in total. The summed E-state index contributed by atoms with van der Waals surface area (Å²) in [5.41, 5.74) is 0. The van der Waals surface area contributed by atoms with Crippen molar-refractivity contribution in [2.45, 2.75) is 21.7 Å². The lowest BCUT2D eigenvalue weighted by atomic mass is 10.3. The lowest BCUT2D eigenvalue weighted by Gasteiger charge is -2.27. The molecule has 0 aromatic carbocycles. The van der Waals surface area contributed by atoms with Gasteiger partial charge in [0.25, 0.3) is 0 Å². The van der Waals surface area contributed by atoms with Crippen molar-refractivity contribution < 1.29 is 14.4 Å². The molecule has 2 unspecified atom stereocenters. The SMILES string of the molecule is O=[N+]([O-])C1(Br)C=CC(C2OCCCO2)S1. The van der Waals surface area contributed by atoms with Crippen LogP contribution in [0.1, 0.15) is 6.42 Å². The molecular weight excluding hydrogens is 286 g/mol. The summed E-state index contributed by atoms with van der Waals surface area (Å²) in [6, 6.07) is 0. The fourth-order valence-electron chi connectivity index (χ4n) is 1.43. The average Bonchev–Trinajstić information content (AvgIpc) is 2.64. The number of hydrogen-bond donors (Lipinski definition) is 0. The molecule has 2 rings (SSSR count). The zero-order valence-electron chi connectivity index (χ0n) is 7.80. The number of ether oxygens (including phenoxy) is 2. The third-order valence-corrected chi connectivity index (χ3v) is 4.54. The molecule has 2 heterocycles. The summed E-state index contributed by atoms with van der Waals surface area (Å²) in [4.78, 5) is 10.4. The van der Waals surface area contributed by atoms with Crippen LogP contribution in [0.25, 0.3) is 0 Å². The molecule has 0 aromatic rings. The Morgan fingerprint density at radius 3 is 2.73 bits per heavy atom. The van der Waals surface area contributed by atoms with E-state index < -0.39 is 3.78 Å². The summed E-state index contributed by atoms with van der Waals surface area (Å²) in [6.45, 7) is 1.31. The Balaban J connectivity index is 1.98. The first-order valence-corrected chi connectivity index (χ1v) is 6.23. The number of halogens is 1. The molecule has 1 saturated heterocycles. The van der Waals surface area contributed by atoms with Crippen LogP contribution in [0.15, 0.2) is 12.2 Å². The minimum Gasteiger partial charge on any atom is -0.351 e. The minimum atomic E-state index is -1.22. The van der Waals surface area contributed by atoms with Gasteiger partial charge in [0.15, 0.2) is 6.29 Å². The second kappa shape index (κ2) is 4.40. The number of rotatable bonds is 2. The smallest absolute Gasteiger partial charge is 0.339 e. The first-order valence-electron chi connectivity index (χ1n) is 4.55. The van der Waals surface area contributed by atoms with Crippen molar-refractivity contribution in [3.63, 3.8) is 0 Å². The number of thioether (sulfide) groups is 1. The molecule has 7 heteroatoms. The summed E-state index contributed by atoms with van der Waals surface area (Å²) in [6.07, 6.45) is 3.81. The molecule has 2 atom stereocenters. The quantitative estimate of drug-likeness (QED) is 0.255. The van der Waals surface area contributed by atoms with Crippen molar-refractivity contribution in [3.8, 4) is 0 Å². The van der Waals surface area contributed by atoms with Gasteiger partial charge < -0.3 is 9.47 Å². The van der Waals surface area contributed by atoms with Crippen molar-refractivity contribution in [1.29, 1.82) is 0 Å². The van der Waals surface area contributed by atoms with Crippen LogP contribution in [0.3, 0.4) is 0 Å². The first kappa shape index (κ1) is 11.4. The zero-order valence-corrected chi connectivity index (χ0v) is 10.2. The van der Waals surface area contributed by atoms with E-state index >= 15 is 0 Å². The predicted molar refractivity (Wildman–Crippen MR) is 59.5 cm³/mol. The van der Waals surface area contributed by atoms with Crippen LogP contribution >= 0.6 is 27.7 Å². The van der Waals surface area contributed by atoms with Gasteiger partial charge in [-0.3, -0.25) is 10.1 Å². The summed E-state index contributed by atoms with van der Waals surface area (Å²) < 4.78 is 9.57. The average molecular weight is 296 g/mol. The number of nitro groups is 1. The largest absolute Gasteiger partial charge is 0.351 e. The number of alkyl halides is 1. The fourth-order valence-corrected chi connectivity index (χ4v) is 3.28. The fraction of sp³-hybridized carbons (Fsp3) is 0.750. The van der Waals surface area contributed by atoms with Crippen LogP contribution < -0.4 is 0 Å². The van der Waals surface area contributed by atoms with E-state index in [1.807, 2.05) is 0 Å². The van der Waals surface area contributed by atoms with Crippen LogP contribution in [-0.4, -0.2) is 33.5 Å². The Bertz CT molecular complexity index is 294. The Labute approximate surface area is 99.5 Å². The maximum Gasteiger partial charge on any atom is 0.339 e. The highest BCUT2D eigenvalue weighted by Gasteiger charge is 2.47. The molecule has 2 aliphatic heterocycles. The van der Waals surface area contributed by atoms with Crippen LogP contribution in [0.2, 0.25) is 0 Å². The molecule has 84 valence electrons. The topological polar surface area (TPSA) is 61.6 Å². The molecule has 0 aliphatic carbocycles. The summed E-state index contributed by atoms with van der Waals surface area (Å²) in [5, 5.41) is 10.6. The van der Waals surface area contributed by atoms with Crippen molar-refractivity contribution in [3.05, 3.63) is 22.3 Å². The van der Waals surface area contributed by atoms with E-state index in [0.717, 1.165) is 6.42 Å². The van der Waals surface area contributed by atoms with E-state index in [9.17, 15) is 10.1 Å². The molecule has 0 saturated carbocycles. The van der Waals surface area contributed by atoms with Gasteiger partial charge in [-0.2, -0.15) is 0 Å². The lowest BCUT2D eigenvalue weighted by Crippen LogP contribution is -2.34. The van der Waals surface area contributed by atoms with Crippen molar-refractivity contribution >= 4 is 27.7 Å². The highest BCUT2D eigenvalue weighted by Crippen LogP contribution is 2.45. The van der Waals surface area contributed by atoms with Gasteiger partial charge in [-0.25, -0.2) is 0 Å². The molecule has 0 aromatic heterocycles. The van der Waals surface area contributed by atoms with Gasteiger partial charge in [-0.15, -0.1) is 0 Å². The van der Waals surface area contributed by atoms with Crippen molar-refractivity contribution in [2.24, 2.45) is 0 Å². The van der Waals surface area contributed by atoms with Gasteiger partial charge in [-0.1, -0.05) is 17.8 Å². The highest BCUT2D eigenvalue weighted by molar-refractivity contribution is 9.11. The zero-order chi connectivity index (χ0) is 10.9. The van der Waals surface area contributed by atoms with E-state index in [1.54, 1.807) is 6.08 Å². The first-order chi connectivity index (χ1) is 7.12. The van der Waals surface area contributed by atoms with E-state index in [-0.39, 0.29) is 16.5 Å². The third kappa shape index (κ3) is 2.35. The Morgan fingerprint density at radius 2 is 2.20 bits per heavy atom. The van der Waals surface area contributed by atoms with Crippen LogP contribution in [0.5, 0.6) is 0 Å². The molecule has 0 bridgehead atoms. The van der Waals surface area contributed by atoms with Crippen LogP contribution in [0, 0.1) is 10.1 Å². The van der Waals surface area contributed by atoms with E-state index in [1.165, 1.54) is 17.8 Å². The summed E-state index contributed by atoms with van der Waals surface area (Å²) >= 11 is 4.27. The second-order valence-electron chi connectivity index (χ2n) is 3.27. The Hall–Kier alpha value is -0.110. The van der Waals surface area contributed by atoms with Gasteiger partial charge in [0, 0.05) is 22.0 Å². The number of hydrogen-bond acceptors (Lipinski definition) is 5. The highest BCUT2D eigenvalue weighted by atomic mass is 79.9.